The van der Waals surface area contributed by atoms with E-state index in [1.54, 1.807) is 6.20 Å². The van der Waals surface area contributed by atoms with Crippen LogP contribution in [0.4, 0.5) is 0 Å². The summed E-state index contributed by atoms with van der Waals surface area (Å²) in [6.07, 6.45) is 2.34. The molecule has 15 heavy (non-hydrogen) atoms. The number of nitrogens with zero attached hydrogens (tertiary/aromatic N) is 1. The standard InChI is InChI=1S/C11H11N3S/c12-10(15)6-9-7-13-14-11(9)8-4-2-1-3-5-8/h1-5,7H,6H2,(H2,12,15)(H,13,14). The van der Waals surface area contributed by atoms with Crippen molar-refractivity contribution in [2.45, 2.75) is 6.42 Å². The third kappa shape index (κ3) is 2.22. The summed E-state index contributed by atoms with van der Waals surface area (Å²) in [4.78, 5) is 0.480. The number of thiocarbonyl (C=S) groups is 1. The molecule has 2 aromatic rings. The predicted molar refractivity (Wildman–Crippen MR) is 64.5 cm³/mol. The van der Waals surface area contributed by atoms with Gasteiger partial charge in [0.05, 0.1) is 16.9 Å². The van der Waals surface area contributed by atoms with Gasteiger partial charge in [0.25, 0.3) is 0 Å². The van der Waals surface area contributed by atoms with Crippen molar-refractivity contribution >= 4 is 17.2 Å². The molecule has 0 aliphatic heterocycles. The molecule has 0 aliphatic carbocycles. The minimum absolute atomic E-state index is 0.480. The van der Waals surface area contributed by atoms with Gasteiger partial charge in [-0.3, -0.25) is 5.10 Å². The summed E-state index contributed by atoms with van der Waals surface area (Å²) in [7, 11) is 0. The van der Waals surface area contributed by atoms with Crippen LogP contribution in [0, 0.1) is 0 Å². The van der Waals surface area contributed by atoms with Gasteiger partial charge in [-0.05, 0) is 5.56 Å². The monoisotopic (exact) mass is 217 g/mol. The minimum atomic E-state index is 0.480. The quantitative estimate of drug-likeness (QED) is 0.772. The molecular formula is C11H11N3S. The molecule has 76 valence electrons. The van der Waals surface area contributed by atoms with Crippen molar-refractivity contribution in [2.24, 2.45) is 5.73 Å². The Balaban J connectivity index is 2.37. The largest absolute Gasteiger partial charge is 0.393 e. The van der Waals surface area contributed by atoms with E-state index in [1.807, 2.05) is 30.3 Å². The zero-order chi connectivity index (χ0) is 10.7. The van der Waals surface area contributed by atoms with Gasteiger partial charge in [0.1, 0.15) is 0 Å². The molecule has 0 spiro atoms. The third-order valence-corrected chi connectivity index (χ3v) is 2.29. The summed E-state index contributed by atoms with van der Waals surface area (Å²) in [5, 5.41) is 6.97. The van der Waals surface area contributed by atoms with E-state index >= 15 is 0 Å². The van der Waals surface area contributed by atoms with Gasteiger partial charge in [-0.25, -0.2) is 0 Å². The van der Waals surface area contributed by atoms with Gasteiger partial charge < -0.3 is 5.73 Å². The first-order valence-corrected chi connectivity index (χ1v) is 5.04. The van der Waals surface area contributed by atoms with Gasteiger partial charge in [0, 0.05) is 12.0 Å². The van der Waals surface area contributed by atoms with E-state index in [0.717, 1.165) is 16.8 Å². The second-order valence-electron chi connectivity index (χ2n) is 3.28. The molecule has 0 fully saturated rings. The highest BCUT2D eigenvalue weighted by Gasteiger charge is 2.07. The van der Waals surface area contributed by atoms with E-state index in [1.165, 1.54) is 0 Å². The highest BCUT2D eigenvalue weighted by atomic mass is 32.1. The SMILES string of the molecule is NC(=S)Cc1cn[nH]c1-c1ccccc1. The molecule has 3 N–H and O–H groups in total. The van der Waals surface area contributed by atoms with Gasteiger partial charge in [-0.15, -0.1) is 0 Å². The summed E-state index contributed by atoms with van der Waals surface area (Å²) < 4.78 is 0. The van der Waals surface area contributed by atoms with E-state index in [-0.39, 0.29) is 0 Å². The molecule has 4 heteroatoms. The van der Waals surface area contributed by atoms with Crippen LogP contribution in [0.1, 0.15) is 5.56 Å². The molecule has 0 amide bonds. The zero-order valence-corrected chi connectivity index (χ0v) is 8.92. The van der Waals surface area contributed by atoms with Gasteiger partial charge in [-0.2, -0.15) is 5.10 Å². The average Bonchev–Trinajstić information content (AvgIpc) is 2.66. The topological polar surface area (TPSA) is 54.7 Å². The maximum Gasteiger partial charge on any atom is 0.0773 e. The Kier molecular flexibility index (Phi) is 2.78. The average molecular weight is 217 g/mol. The van der Waals surface area contributed by atoms with Crippen LogP contribution < -0.4 is 5.73 Å². The van der Waals surface area contributed by atoms with Gasteiger partial charge in [-0.1, -0.05) is 42.5 Å². The Morgan fingerprint density at radius 1 is 1.33 bits per heavy atom. The van der Waals surface area contributed by atoms with Crippen LogP contribution >= 0.6 is 12.2 Å². The smallest absolute Gasteiger partial charge is 0.0773 e. The fourth-order valence-electron chi connectivity index (χ4n) is 1.49. The first kappa shape index (κ1) is 9.86. The lowest BCUT2D eigenvalue weighted by Gasteiger charge is -2.01. The Hall–Kier alpha value is -1.68. The molecular weight excluding hydrogens is 206 g/mol. The van der Waals surface area contributed by atoms with Crippen molar-refractivity contribution < 1.29 is 0 Å². The van der Waals surface area contributed by atoms with Gasteiger partial charge in [0.2, 0.25) is 0 Å². The second-order valence-corrected chi connectivity index (χ2v) is 3.80. The molecule has 0 aliphatic rings. The first-order chi connectivity index (χ1) is 7.27. The van der Waals surface area contributed by atoms with Crippen LogP contribution in [0.2, 0.25) is 0 Å². The zero-order valence-electron chi connectivity index (χ0n) is 8.10. The lowest BCUT2D eigenvalue weighted by Crippen LogP contribution is -2.11. The number of nitrogens with two attached hydrogens (primary N) is 1. The first-order valence-electron chi connectivity index (χ1n) is 4.63. The third-order valence-electron chi connectivity index (χ3n) is 2.14. The van der Waals surface area contributed by atoms with Crippen molar-refractivity contribution in [3.63, 3.8) is 0 Å². The summed E-state index contributed by atoms with van der Waals surface area (Å²) in [5.74, 6) is 0. The molecule has 0 saturated heterocycles. The molecule has 0 unspecified atom stereocenters. The van der Waals surface area contributed by atoms with Crippen LogP contribution in [-0.4, -0.2) is 15.2 Å². The summed E-state index contributed by atoms with van der Waals surface area (Å²) in [5.41, 5.74) is 8.64. The van der Waals surface area contributed by atoms with Crippen molar-refractivity contribution in [2.75, 3.05) is 0 Å². The summed E-state index contributed by atoms with van der Waals surface area (Å²) >= 11 is 4.89. The highest BCUT2D eigenvalue weighted by molar-refractivity contribution is 7.80. The van der Waals surface area contributed by atoms with Crippen LogP contribution in [0.5, 0.6) is 0 Å². The van der Waals surface area contributed by atoms with Gasteiger partial charge in [0.15, 0.2) is 0 Å². The Morgan fingerprint density at radius 3 is 2.73 bits per heavy atom. The number of rotatable bonds is 3. The Bertz CT molecular complexity index is 462. The van der Waals surface area contributed by atoms with E-state index in [4.69, 9.17) is 18.0 Å². The normalized spacial score (nSPS) is 10.1. The predicted octanol–water partition coefficient (Wildman–Crippen LogP) is 1.91. The Labute approximate surface area is 93.3 Å². The fourth-order valence-corrected chi connectivity index (χ4v) is 1.64. The van der Waals surface area contributed by atoms with E-state index < -0.39 is 0 Å². The van der Waals surface area contributed by atoms with E-state index in [0.29, 0.717) is 11.4 Å². The maximum absolute atomic E-state index is 5.52. The van der Waals surface area contributed by atoms with Crippen molar-refractivity contribution in [3.8, 4) is 11.3 Å². The number of nitrogens with one attached hydrogen (secondary N) is 1. The van der Waals surface area contributed by atoms with Crippen LogP contribution in [-0.2, 0) is 6.42 Å². The molecule has 2 rings (SSSR count). The van der Waals surface area contributed by atoms with Gasteiger partial charge >= 0.3 is 0 Å². The second kappa shape index (κ2) is 4.23. The maximum atomic E-state index is 5.52. The number of aromatic amines is 1. The molecule has 0 saturated carbocycles. The summed E-state index contributed by atoms with van der Waals surface area (Å²) in [6.45, 7) is 0. The van der Waals surface area contributed by atoms with E-state index in [9.17, 15) is 0 Å². The highest BCUT2D eigenvalue weighted by Crippen LogP contribution is 2.20. The number of benzene rings is 1. The number of aromatic nitrogens is 2. The molecule has 1 aromatic carbocycles. The van der Waals surface area contributed by atoms with Crippen LogP contribution in [0.25, 0.3) is 11.3 Å². The Morgan fingerprint density at radius 2 is 2.07 bits per heavy atom. The lowest BCUT2D eigenvalue weighted by atomic mass is 10.1. The van der Waals surface area contributed by atoms with Crippen molar-refractivity contribution in [3.05, 3.63) is 42.1 Å². The van der Waals surface area contributed by atoms with Crippen molar-refractivity contribution in [1.82, 2.24) is 10.2 Å². The molecule has 0 radical (unpaired) electrons. The number of hydrogen-bond acceptors (Lipinski definition) is 2. The number of H-pyrrole nitrogens is 1. The van der Waals surface area contributed by atoms with E-state index in [2.05, 4.69) is 10.2 Å². The minimum Gasteiger partial charge on any atom is -0.393 e. The molecule has 1 aromatic heterocycles. The lowest BCUT2D eigenvalue weighted by molar-refractivity contribution is 1.10. The van der Waals surface area contributed by atoms with Crippen LogP contribution in [0.3, 0.4) is 0 Å². The number of hydrogen-bond donors (Lipinski definition) is 2. The molecule has 0 bridgehead atoms. The van der Waals surface area contributed by atoms with Crippen LogP contribution in [0.15, 0.2) is 36.5 Å². The molecule has 0 atom stereocenters. The molecule has 3 nitrogen and oxygen atoms in total. The fraction of sp³-hybridized carbons (Fsp3) is 0.0909. The summed E-state index contributed by atoms with van der Waals surface area (Å²) in [6, 6.07) is 10.0. The van der Waals surface area contributed by atoms with Crippen molar-refractivity contribution in [1.29, 1.82) is 0 Å². The molecule has 1 heterocycles.